The number of nitrogens with one attached hydrogen (secondary N) is 1. The third-order valence-electron chi connectivity index (χ3n) is 5.84. The molecule has 1 unspecified atom stereocenters. The molecule has 1 fully saturated rings. The van der Waals surface area contributed by atoms with Gasteiger partial charge in [0.05, 0.1) is 24.6 Å². The number of hydrogen-bond donors (Lipinski definition) is 2. The van der Waals surface area contributed by atoms with Crippen molar-refractivity contribution in [2.75, 3.05) is 5.32 Å². The topological polar surface area (TPSA) is 92.4 Å². The number of rotatable bonds is 6. The highest BCUT2D eigenvalue weighted by Gasteiger charge is 2.43. The van der Waals surface area contributed by atoms with Crippen LogP contribution >= 0.6 is 0 Å². The summed E-state index contributed by atoms with van der Waals surface area (Å²) in [4.78, 5) is 25.3. The van der Waals surface area contributed by atoms with Crippen LogP contribution in [0.4, 0.5) is 10.2 Å². The van der Waals surface area contributed by atoms with Crippen LogP contribution in [0.5, 0.6) is 0 Å². The maximum Gasteiger partial charge on any atom is 0.231 e. The Hall–Kier alpha value is -3.39. The van der Waals surface area contributed by atoms with Gasteiger partial charge in [0.2, 0.25) is 5.91 Å². The molecule has 1 aliphatic rings. The molecule has 0 saturated heterocycles. The maximum absolute atomic E-state index is 13.2. The van der Waals surface area contributed by atoms with E-state index >= 15 is 0 Å². The number of aliphatic hydroxyl groups is 1. The molecule has 4 aromatic heterocycles. The summed E-state index contributed by atoms with van der Waals surface area (Å²) >= 11 is 0. The largest absolute Gasteiger partial charge is 0.387 e. The molecule has 32 heavy (non-hydrogen) atoms. The Balaban J connectivity index is 1.56. The van der Waals surface area contributed by atoms with Gasteiger partial charge in [-0.1, -0.05) is 13.3 Å². The number of halogens is 1. The van der Waals surface area contributed by atoms with Gasteiger partial charge in [-0.3, -0.25) is 14.2 Å². The zero-order valence-electron chi connectivity index (χ0n) is 18.8. The molecule has 3 atom stereocenters. The molecule has 4 aromatic rings. The first-order valence-electron chi connectivity index (χ1n) is 11.2. The predicted octanol–water partition coefficient (Wildman–Crippen LogP) is 4.38. The van der Waals surface area contributed by atoms with Crippen LogP contribution in [0.2, 0.25) is 0 Å². The van der Waals surface area contributed by atoms with Gasteiger partial charge in [-0.25, -0.2) is 14.4 Å². The number of anilines is 1. The lowest BCUT2D eigenvalue weighted by atomic mass is 10.00. The number of carbonyl (C=O) groups excluding carboxylic acids is 1. The van der Waals surface area contributed by atoms with E-state index < -0.39 is 18.2 Å². The predicted molar refractivity (Wildman–Crippen MR) is 120 cm³/mol. The number of alkyl halides is 1. The molecular formula is C24H24FN5O2. The fourth-order valence-electron chi connectivity index (χ4n) is 3.97. The van der Waals surface area contributed by atoms with Crippen LogP contribution in [0.1, 0.15) is 44.9 Å². The molecule has 0 spiro atoms. The monoisotopic (exact) mass is 434 g/mol. The Bertz CT molecular complexity index is 1390. The molecule has 1 aliphatic carbocycles. The van der Waals surface area contributed by atoms with Gasteiger partial charge in [-0.15, -0.1) is 0 Å². The van der Waals surface area contributed by atoms with E-state index in [2.05, 4.69) is 20.3 Å². The lowest BCUT2D eigenvalue weighted by Gasteiger charge is -2.14. The van der Waals surface area contributed by atoms with E-state index in [1.165, 1.54) is 0 Å². The number of aryl methyl sites for hydroxylation is 1. The number of nitrogens with zero attached hydrogens (tertiary/aromatic N) is 4. The zero-order chi connectivity index (χ0) is 23.3. The summed E-state index contributed by atoms with van der Waals surface area (Å²) in [5, 5.41) is 13.9. The van der Waals surface area contributed by atoms with Crippen LogP contribution in [-0.2, 0) is 4.79 Å². The Morgan fingerprint density at radius 1 is 1.31 bits per heavy atom. The van der Waals surface area contributed by atoms with Gasteiger partial charge in [0.1, 0.15) is 17.6 Å². The molecule has 164 valence electrons. The normalized spacial score (nSPS) is 20.2. The maximum atomic E-state index is 13.2. The van der Waals surface area contributed by atoms with Crippen molar-refractivity contribution in [2.24, 2.45) is 5.92 Å². The van der Waals surface area contributed by atoms with Gasteiger partial charge >= 0.3 is 0 Å². The summed E-state index contributed by atoms with van der Waals surface area (Å²) in [6.07, 6.45) is 5.29. The van der Waals surface area contributed by atoms with Crippen molar-refractivity contribution < 1.29 is 15.7 Å². The smallest absolute Gasteiger partial charge is 0.231 e. The first kappa shape index (κ1) is 19.3. The van der Waals surface area contributed by atoms with Crippen LogP contribution in [0, 0.1) is 12.8 Å². The van der Waals surface area contributed by atoms with Crippen molar-refractivity contribution in [1.29, 1.82) is 0 Å². The summed E-state index contributed by atoms with van der Waals surface area (Å²) in [6, 6.07) is 5.45. The summed E-state index contributed by atoms with van der Waals surface area (Å²) in [7, 11) is 0. The fourth-order valence-corrected chi connectivity index (χ4v) is 3.97. The second kappa shape index (κ2) is 7.94. The Kier molecular flexibility index (Phi) is 4.79. The quantitative estimate of drug-likeness (QED) is 0.470. The third kappa shape index (κ3) is 3.60. The highest BCUT2D eigenvalue weighted by Crippen LogP contribution is 2.35. The molecule has 7 nitrogen and oxygen atoms in total. The Labute approximate surface area is 185 Å². The van der Waals surface area contributed by atoms with Crippen LogP contribution in [0.15, 0.2) is 43.0 Å². The first-order valence-corrected chi connectivity index (χ1v) is 10.7. The Morgan fingerprint density at radius 2 is 2.12 bits per heavy atom. The minimum atomic E-state index is -1.72. The second-order valence-electron chi connectivity index (χ2n) is 8.24. The SMILES string of the molecule is [2H]C(O)(CCC)c1cc(C)c(-c2cc3cnc(NC(=O)[C@H]4C[C@H]4F)cc3n3ccnc23)cn1. The van der Waals surface area contributed by atoms with E-state index in [0.717, 1.165) is 27.6 Å². The number of pyridine rings is 3. The zero-order valence-corrected chi connectivity index (χ0v) is 17.8. The first-order chi connectivity index (χ1) is 15.8. The average Bonchev–Trinajstić information content (AvgIpc) is 3.30. The number of hydrogen-bond acceptors (Lipinski definition) is 5. The number of imidazole rings is 1. The van der Waals surface area contributed by atoms with E-state index in [9.17, 15) is 14.3 Å². The van der Waals surface area contributed by atoms with Crippen molar-refractivity contribution in [3.8, 4) is 11.1 Å². The van der Waals surface area contributed by atoms with Gasteiger partial charge in [0.15, 0.2) is 0 Å². The van der Waals surface area contributed by atoms with Crippen molar-refractivity contribution >= 4 is 28.3 Å². The van der Waals surface area contributed by atoms with E-state index in [0.29, 0.717) is 30.0 Å². The number of amides is 1. The van der Waals surface area contributed by atoms with Gasteiger partial charge in [-0.2, -0.15) is 0 Å². The summed E-state index contributed by atoms with van der Waals surface area (Å²) in [5.74, 6) is -0.579. The summed E-state index contributed by atoms with van der Waals surface area (Å²) in [6.45, 7) is 3.83. The van der Waals surface area contributed by atoms with E-state index in [-0.39, 0.29) is 12.3 Å². The molecule has 0 bridgehead atoms. The average molecular weight is 434 g/mol. The van der Waals surface area contributed by atoms with E-state index in [1.54, 1.807) is 30.7 Å². The molecule has 1 saturated carbocycles. The molecule has 1 amide bonds. The van der Waals surface area contributed by atoms with Gasteiger partial charge < -0.3 is 10.4 Å². The highest BCUT2D eigenvalue weighted by molar-refractivity contribution is 5.97. The van der Waals surface area contributed by atoms with E-state index in [4.69, 9.17) is 1.37 Å². The second-order valence-corrected chi connectivity index (χ2v) is 8.24. The number of carbonyl (C=O) groups is 1. The summed E-state index contributed by atoms with van der Waals surface area (Å²) in [5.41, 5.74) is 4.36. The van der Waals surface area contributed by atoms with Crippen LogP contribution < -0.4 is 5.32 Å². The van der Waals surface area contributed by atoms with E-state index in [1.807, 2.05) is 30.5 Å². The standard InChI is InChI=1S/C24H24FN5O2/c1-3-4-21(31)19-7-13(2)17(12-27-19)15-8-14-11-28-22(29-24(32)16-9-18(16)25)10-20(14)30-6-5-26-23(15)30/h5-8,10-12,16,18,21,31H,3-4,9H2,1-2H3,(H,28,29,32)/t16-,18+,21?/m0/s1/i21D. The van der Waals surface area contributed by atoms with Crippen LogP contribution in [0.25, 0.3) is 27.7 Å². The molecule has 8 heteroatoms. The van der Waals surface area contributed by atoms with Crippen LogP contribution in [0.3, 0.4) is 0 Å². The van der Waals surface area contributed by atoms with Crippen molar-refractivity contribution in [1.82, 2.24) is 19.4 Å². The summed E-state index contributed by atoms with van der Waals surface area (Å²) < 4.78 is 23.3. The van der Waals surface area contributed by atoms with Crippen molar-refractivity contribution in [2.45, 2.75) is 45.4 Å². The lowest BCUT2D eigenvalue weighted by molar-refractivity contribution is -0.117. The number of fused-ring (bicyclic) bond motifs is 3. The van der Waals surface area contributed by atoms with Crippen LogP contribution in [-0.4, -0.2) is 36.5 Å². The van der Waals surface area contributed by atoms with Gasteiger partial charge in [0, 0.05) is 47.4 Å². The lowest BCUT2D eigenvalue weighted by Crippen LogP contribution is -2.16. The third-order valence-corrected chi connectivity index (χ3v) is 5.84. The highest BCUT2D eigenvalue weighted by atomic mass is 19.1. The minimum Gasteiger partial charge on any atom is -0.387 e. The van der Waals surface area contributed by atoms with Crippen molar-refractivity contribution in [3.05, 3.63) is 54.2 Å². The molecule has 2 N–H and O–H groups in total. The van der Waals surface area contributed by atoms with Gasteiger partial charge in [-0.05, 0) is 37.5 Å². The molecule has 4 heterocycles. The Morgan fingerprint density at radius 3 is 2.84 bits per heavy atom. The molecule has 0 aliphatic heterocycles. The van der Waals surface area contributed by atoms with Gasteiger partial charge in [0.25, 0.3) is 0 Å². The van der Waals surface area contributed by atoms with Crippen molar-refractivity contribution in [3.63, 3.8) is 0 Å². The minimum absolute atomic E-state index is 0.261. The fraction of sp³-hybridized carbons (Fsp3) is 0.333. The number of aromatic nitrogens is 4. The molecule has 5 rings (SSSR count). The molecule has 0 aromatic carbocycles. The molecular weight excluding hydrogens is 409 g/mol. The molecule has 0 radical (unpaired) electrons.